The Morgan fingerprint density at radius 3 is 2.44 bits per heavy atom. The topological polar surface area (TPSA) is 37.4 Å². The van der Waals surface area contributed by atoms with Crippen LogP contribution >= 0.6 is 15.9 Å². The number of hydrogen-bond acceptors (Lipinski definition) is 2. The summed E-state index contributed by atoms with van der Waals surface area (Å²) in [6.07, 6.45) is 9.45. The van der Waals surface area contributed by atoms with Crippen LogP contribution in [0.3, 0.4) is 0 Å². The van der Waals surface area contributed by atoms with Crippen LogP contribution in [0, 0.1) is 18.8 Å². The van der Waals surface area contributed by atoms with Gasteiger partial charge in [0, 0.05) is 24.4 Å². The standard InChI is InChI=1S/C22H24BrNO2S/c1-16-10-11-22(20-8-3-2-6-18(16)20)27(25,26)24-14-12-17(13-15-24)19-7-4-5-9-21(19)23/h2-4,6-11,17,19H,5,12-15H2,1H3. The van der Waals surface area contributed by atoms with Crippen molar-refractivity contribution in [3.63, 3.8) is 0 Å². The number of halogens is 1. The lowest BCUT2D eigenvalue weighted by Crippen LogP contribution is -2.40. The lowest BCUT2D eigenvalue weighted by molar-refractivity contribution is 0.249. The minimum Gasteiger partial charge on any atom is -0.207 e. The van der Waals surface area contributed by atoms with Crippen molar-refractivity contribution in [1.29, 1.82) is 0 Å². The molecule has 0 amide bonds. The first-order valence-corrected chi connectivity index (χ1v) is 11.7. The number of benzene rings is 2. The number of piperidine rings is 1. The Balaban J connectivity index is 1.58. The fourth-order valence-electron chi connectivity index (χ4n) is 4.28. The van der Waals surface area contributed by atoms with Crippen LogP contribution in [0.4, 0.5) is 0 Å². The summed E-state index contributed by atoms with van der Waals surface area (Å²) in [5.41, 5.74) is 1.10. The highest BCUT2D eigenvalue weighted by Gasteiger charge is 2.33. The van der Waals surface area contributed by atoms with Crippen LogP contribution in [0.1, 0.15) is 24.8 Å². The van der Waals surface area contributed by atoms with E-state index in [1.165, 1.54) is 4.48 Å². The maximum Gasteiger partial charge on any atom is 0.243 e. The molecule has 1 heterocycles. The van der Waals surface area contributed by atoms with Gasteiger partial charge in [0.1, 0.15) is 0 Å². The normalized spacial score (nSPS) is 22.1. The molecule has 4 rings (SSSR count). The Labute approximate surface area is 169 Å². The van der Waals surface area contributed by atoms with E-state index in [-0.39, 0.29) is 0 Å². The highest BCUT2D eigenvalue weighted by Crippen LogP contribution is 2.38. The molecule has 1 saturated heterocycles. The third-order valence-electron chi connectivity index (χ3n) is 5.84. The summed E-state index contributed by atoms with van der Waals surface area (Å²) in [5, 5.41) is 1.83. The van der Waals surface area contributed by atoms with E-state index in [0.29, 0.717) is 29.8 Å². The van der Waals surface area contributed by atoms with Gasteiger partial charge in [-0.05, 0) is 53.6 Å². The molecule has 27 heavy (non-hydrogen) atoms. The summed E-state index contributed by atoms with van der Waals surface area (Å²) < 4.78 is 29.6. The second-order valence-corrected chi connectivity index (χ2v) is 10.3. The van der Waals surface area contributed by atoms with Gasteiger partial charge in [0.2, 0.25) is 10.0 Å². The molecule has 2 aromatic carbocycles. The smallest absolute Gasteiger partial charge is 0.207 e. The van der Waals surface area contributed by atoms with Crippen molar-refractivity contribution < 1.29 is 8.42 Å². The molecule has 1 aliphatic carbocycles. The predicted molar refractivity (Wildman–Crippen MR) is 114 cm³/mol. The first-order valence-electron chi connectivity index (χ1n) is 9.49. The quantitative estimate of drug-likeness (QED) is 0.592. The average molecular weight is 446 g/mol. The molecule has 0 N–H and O–H groups in total. The van der Waals surface area contributed by atoms with E-state index >= 15 is 0 Å². The second kappa shape index (κ2) is 7.53. The Hall–Kier alpha value is -1.43. The zero-order valence-electron chi connectivity index (χ0n) is 15.4. The van der Waals surface area contributed by atoms with Gasteiger partial charge in [0.15, 0.2) is 0 Å². The van der Waals surface area contributed by atoms with Gasteiger partial charge >= 0.3 is 0 Å². The van der Waals surface area contributed by atoms with E-state index in [1.807, 2.05) is 37.3 Å². The van der Waals surface area contributed by atoms with Crippen molar-refractivity contribution in [2.24, 2.45) is 11.8 Å². The van der Waals surface area contributed by atoms with Gasteiger partial charge in [-0.25, -0.2) is 8.42 Å². The maximum absolute atomic E-state index is 13.4. The molecule has 0 radical (unpaired) electrons. The van der Waals surface area contributed by atoms with Crippen LogP contribution in [-0.2, 0) is 10.0 Å². The highest BCUT2D eigenvalue weighted by molar-refractivity contribution is 9.11. The number of sulfonamides is 1. The van der Waals surface area contributed by atoms with Gasteiger partial charge in [-0.3, -0.25) is 0 Å². The van der Waals surface area contributed by atoms with E-state index in [1.54, 1.807) is 10.4 Å². The molecular weight excluding hydrogens is 422 g/mol. The van der Waals surface area contributed by atoms with Crippen LogP contribution in [-0.4, -0.2) is 25.8 Å². The zero-order chi connectivity index (χ0) is 19.0. The van der Waals surface area contributed by atoms with E-state index in [0.717, 1.165) is 35.6 Å². The van der Waals surface area contributed by atoms with Crippen molar-refractivity contribution in [3.8, 4) is 0 Å². The lowest BCUT2D eigenvalue weighted by Gasteiger charge is -2.35. The summed E-state index contributed by atoms with van der Waals surface area (Å²) >= 11 is 3.69. The predicted octanol–water partition coefficient (Wildman–Crippen LogP) is 5.40. The maximum atomic E-state index is 13.4. The fourth-order valence-corrected chi connectivity index (χ4v) is 6.66. The molecule has 0 saturated carbocycles. The van der Waals surface area contributed by atoms with Gasteiger partial charge in [-0.15, -0.1) is 0 Å². The monoisotopic (exact) mass is 445 g/mol. The minimum atomic E-state index is -3.48. The van der Waals surface area contributed by atoms with Crippen LogP contribution in [0.25, 0.3) is 10.8 Å². The van der Waals surface area contributed by atoms with Gasteiger partial charge in [0.05, 0.1) is 4.90 Å². The number of allylic oxidation sites excluding steroid dienone is 4. The summed E-state index contributed by atoms with van der Waals surface area (Å²) in [6, 6.07) is 11.5. The number of nitrogens with zero attached hydrogens (tertiary/aromatic N) is 1. The first kappa shape index (κ1) is 18.9. The highest BCUT2D eigenvalue weighted by atomic mass is 79.9. The molecular formula is C22H24BrNO2S. The summed E-state index contributed by atoms with van der Waals surface area (Å²) in [7, 11) is -3.48. The minimum absolute atomic E-state index is 0.392. The molecule has 5 heteroatoms. The summed E-state index contributed by atoms with van der Waals surface area (Å²) in [5.74, 6) is 0.886. The van der Waals surface area contributed by atoms with Gasteiger partial charge in [-0.2, -0.15) is 4.31 Å². The molecule has 2 aromatic rings. The first-order chi connectivity index (χ1) is 13.0. The molecule has 0 spiro atoms. The third kappa shape index (κ3) is 3.53. The molecule has 142 valence electrons. The number of fused-ring (bicyclic) bond motifs is 1. The van der Waals surface area contributed by atoms with Crippen molar-refractivity contribution in [2.75, 3.05) is 13.1 Å². The van der Waals surface area contributed by atoms with E-state index in [2.05, 4.69) is 34.2 Å². The fraction of sp³-hybridized carbons (Fsp3) is 0.364. The summed E-state index contributed by atoms with van der Waals surface area (Å²) in [4.78, 5) is 0.431. The van der Waals surface area contributed by atoms with Crippen molar-refractivity contribution >= 4 is 36.7 Å². The van der Waals surface area contributed by atoms with Crippen LogP contribution < -0.4 is 0 Å². The van der Waals surface area contributed by atoms with Crippen LogP contribution in [0.15, 0.2) is 64.0 Å². The Morgan fingerprint density at radius 1 is 1.04 bits per heavy atom. The van der Waals surface area contributed by atoms with Crippen LogP contribution in [0.5, 0.6) is 0 Å². The summed E-state index contributed by atoms with van der Waals surface area (Å²) in [6.45, 7) is 3.19. The van der Waals surface area contributed by atoms with E-state index in [9.17, 15) is 8.42 Å². The molecule has 1 fully saturated rings. The molecule has 1 unspecified atom stereocenters. The number of aryl methyl sites for hydroxylation is 1. The Morgan fingerprint density at radius 2 is 1.74 bits per heavy atom. The molecule has 1 aliphatic heterocycles. The number of hydrogen-bond donors (Lipinski definition) is 0. The van der Waals surface area contributed by atoms with Gasteiger partial charge in [0.25, 0.3) is 0 Å². The van der Waals surface area contributed by atoms with Crippen LogP contribution in [0.2, 0.25) is 0 Å². The molecule has 0 bridgehead atoms. The zero-order valence-corrected chi connectivity index (χ0v) is 17.8. The van der Waals surface area contributed by atoms with Gasteiger partial charge < -0.3 is 0 Å². The Bertz CT molecular complexity index is 1020. The van der Waals surface area contributed by atoms with Crippen molar-refractivity contribution in [1.82, 2.24) is 4.31 Å². The van der Waals surface area contributed by atoms with Gasteiger partial charge in [-0.1, -0.05) is 64.5 Å². The largest absolute Gasteiger partial charge is 0.243 e. The van der Waals surface area contributed by atoms with E-state index in [4.69, 9.17) is 0 Å². The van der Waals surface area contributed by atoms with Crippen molar-refractivity contribution in [3.05, 3.63) is 64.7 Å². The second-order valence-electron chi connectivity index (χ2n) is 7.45. The number of rotatable bonds is 3. The SMILES string of the molecule is Cc1ccc(S(=O)(=O)N2CCC(C3C=CCC=C3Br)CC2)c2ccccc12. The molecule has 1 atom stereocenters. The molecule has 0 aromatic heterocycles. The average Bonchev–Trinajstić information content (AvgIpc) is 2.69. The molecule has 3 nitrogen and oxygen atoms in total. The molecule has 2 aliphatic rings. The van der Waals surface area contributed by atoms with E-state index < -0.39 is 10.0 Å². The lowest BCUT2D eigenvalue weighted by atomic mass is 9.83. The van der Waals surface area contributed by atoms with Crippen molar-refractivity contribution in [2.45, 2.75) is 31.1 Å². The third-order valence-corrected chi connectivity index (χ3v) is 8.65. The Kier molecular flexibility index (Phi) is 5.28.